The molecule has 2 heteroatoms. The van der Waals surface area contributed by atoms with Crippen molar-refractivity contribution in [3.63, 3.8) is 0 Å². The van der Waals surface area contributed by atoms with E-state index in [2.05, 4.69) is 48.1 Å². The van der Waals surface area contributed by atoms with Crippen LogP contribution in [0.4, 0.5) is 5.69 Å². The average molecular weight is 262 g/mol. The number of benzene rings is 2. The first-order valence-corrected chi connectivity index (χ1v) is 6.79. The molecule has 1 atom stereocenters. The molecule has 1 heterocycles. The van der Waals surface area contributed by atoms with E-state index in [9.17, 15) is 0 Å². The van der Waals surface area contributed by atoms with E-state index < -0.39 is 0 Å². The van der Waals surface area contributed by atoms with E-state index >= 15 is 0 Å². The molecule has 2 aromatic rings. The third-order valence-electron chi connectivity index (χ3n) is 3.54. The minimum absolute atomic E-state index is 0.548. The molecule has 0 spiro atoms. The van der Waals surface area contributed by atoms with Crippen LogP contribution in [0.15, 0.2) is 61.7 Å². The summed E-state index contributed by atoms with van der Waals surface area (Å²) in [6.07, 6.45) is 1.84. The van der Waals surface area contributed by atoms with Crippen LogP contribution in [-0.2, 0) is 0 Å². The van der Waals surface area contributed by atoms with Crippen molar-refractivity contribution in [2.45, 2.75) is 6.04 Å². The molecule has 1 fully saturated rings. The Labute approximate surface area is 119 Å². The lowest BCUT2D eigenvalue weighted by atomic mass is 10.1. The predicted octanol–water partition coefficient (Wildman–Crippen LogP) is 4.06. The van der Waals surface area contributed by atoms with Crippen molar-refractivity contribution in [3.8, 4) is 0 Å². The zero-order chi connectivity index (χ0) is 13.9. The van der Waals surface area contributed by atoms with Gasteiger partial charge in [-0.05, 0) is 22.8 Å². The van der Waals surface area contributed by atoms with Gasteiger partial charge in [-0.25, -0.2) is 0 Å². The summed E-state index contributed by atoms with van der Waals surface area (Å²) in [4.78, 5) is 0. The summed E-state index contributed by atoms with van der Waals surface area (Å²) in [6.45, 7) is 9.05. The minimum Gasteiger partial charge on any atom is -0.355 e. The van der Waals surface area contributed by atoms with E-state index in [1.165, 1.54) is 5.56 Å². The maximum Gasteiger partial charge on any atom is 0.0457 e. The first-order chi connectivity index (χ1) is 9.78. The summed E-state index contributed by atoms with van der Waals surface area (Å²) in [7, 11) is 0. The first kappa shape index (κ1) is 12.7. The number of hydrogen-bond acceptors (Lipinski definition) is 2. The molecule has 0 saturated carbocycles. The van der Waals surface area contributed by atoms with Crippen LogP contribution >= 0.6 is 0 Å². The molecule has 3 rings (SSSR count). The minimum atomic E-state index is 0.548. The van der Waals surface area contributed by atoms with Gasteiger partial charge in [0.05, 0.1) is 0 Å². The standard InChI is InChI=1S/C18H18N2/c1-3-14-6-4-5-7-17(14)20-13(2)15-8-10-16(11-9-15)18-12-19-18/h3-11,18-20H,1-2,12H2. The monoisotopic (exact) mass is 262 g/mol. The maximum absolute atomic E-state index is 4.12. The molecule has 1 aliphatic heterocycles. The van der Waals surface area contributed by atoms with Crippen LogP contribution in [0.1, 0.15) is 22.7 Å². The summed E-state index contributed by atoms with van der Waals surface area (Å²) >= 11 is 0. The van der Waals surface area contributed by atoms with Crippen molar-refractivity contribution < 1.29 is 0 Å². The second-order valence-corrected chi connectivity index (χ2v) is 4.98. The van der Waals surface area contributed by atoms with E-state index in [1.807, 2.05) is 30.3 Å². The van der Waals surface area contributed by atoms with Crippen LogP contribution < -0.4 is 10.6 Å². The van der Waals surface area contributed by atoms with Gasteiger partial charge in [0.25, 0.3) is 0 Å². The molecular weight excluding hydrogens is 244 g/mol. The summed E-state index contributed by atoms with van der Waals surface area (Å²) in [5.41, 5.74) is 5.45. The Morgan fingerprint density at radius 2 is 1.85 bits per heavy atom. The quantitative estimate of drug-likeness (QED) is 0.797. The lowest BCUT2D eigenvalue weighted by Crippen LogP contribution is -1.99. The smallest absolute Gasteiger partial charge is 0.0457 e. The largest absolute Gasteiger partial charge is 0.355 e. The van der Waals surface area contributed by atoms with E-state index in [0.29, 0.717) is 6.04 Å². The SMILES string of the molecule is C=Cc1ccccc1NC(=C)c1ccc(C2CN2)cc1. The third-order valence-corrected chi connectivity index (χ3v) is 3.54. The number of rotatable bonds is 5. The molecule has 2 nitrogen and oxygen atoms in total. The summed E-state index contributed by atoms with van der Waals surface area (Å²) in [6, 6.07) is 17.2. The lowest BCUT2D eigenvalue weighted by Gasteiger charge is -2.12. The normalized spacial score (nSPS) is 16.5. The molecule has 100 valence electrons. The molecule has 1 unspecified atom stereocenters. The number of para-hydroxylation sites is 1. The van der Waals surface area contributed by atoms with Crippen LogP contribution in [0.5, 0.6) is 0 Å². The van der Waals surface area contributed by atoms with Gasteiger partial charge in [-0.15, -0.1) is 0 Å². The summed E-state index contributed by atoms with van der Waals surface area (Å²) in [5, 5.41) is 6.67. The number of anilines is 1. The van der Waals surface area contributed by atoms with Crippen LogP contribution in [-0.4, -0.2) is 6.54 Å². The van der Waals surface area contributed by atoms with Gasteiger partial charge in [0.2, 0.25) is 0 Å². The Morgan fingerprint density at radius 3 is 2.50 bits per heavy atom. The van der Waals surface area contributed by atoms with Gasteiger partial charge in [-0.3, -0.25) is 0 Å². The zero-order valence-electron chi connectivity index (χ0n) is 11.4. The lowest BCUT2D eigenvalue weighted by molar-refractivity contribution is 1.08. The van der Waals surface area contributed by atoms with Crippen molar-refractivity contribution in [2.24, 2.45) is 0 Å². The van der Waals surface area contributed by atoms with E-state index in [1.54, 1.807) is 0 Å². The fourth-order valence-corrected chi connectivity index (χ4v) is 2.23. The van der Waals surface area contributed by atoms with Gasteiger partial charge in [0.1, 0.15) is 0 Å². The van der Waals surface area contributed by atoms with Crippen molar-refractivity contribution in [2.75, 3.05) is 11.9 Å². The first-order valence-electron chi connectivity index (χ1n) is 6.79. The Morgan fingerprint density at radius 1 is 1.15 bits per heavy atom. The molecule has 2 aromatic carbocycles. The van der Waals surface area contributed by atoms with Gasteiger partial charge < -0.3 is 10.6 Å². The fraction of sp³-hybridized carbons (Fsp3) is 0.111. The van der Waals surface area contributed by atoms with E-state index in [-0.39, 0.29) is 0 Å². The highest BCUT2D eigenvalue weighted by atomic mass is 15.1. The molecular formula is C18H18N2. The van der Waals surface area contributed by atoms with E-state index in [4.69, 9.17) is 0 Å². The van der Waals surface area contributed by atoms with Crippen LogP contribution in [0, 0.1) is 0 Å². The van der Waals surface area contributed by atoms with Crippen LogP contribution in [0.25, 0.3) is 11.8 Å². The van der Waals surface area contributed by atoms with Crippen LogP contribution in [0.3, 0.4) is 0 Å². The second kappa shape index (κ2) is 5.35. The van der Waals surface area contributed by atoms with Crippen molar-refractivity contribution >= 4 is 17.5 Å². The highest BCUT2D eigenvalue weighted by molar-refractivity contribution is 5.79. The van der Waals surface area contributed by atoms with E-state index in [0.717, 1.165) is 29.1 Å². The van der Waals surface area contributed by atoms with Gasteiger partial charge in [0.15, 0.2) is 0 Å². The highest BCUT2D eigenvalue weighted by Gasteiger charge is 2.21. The number of nitrogens with one attached hydrogen (secondary N) is 2. The average Bonchev–Trinajstić information content (AvgIpc) is 3.32. The highest BCUT2D eigenvalue weighted by Crippen LogP contribution is 2.25. The van der Waals surface area contributed by atoms with Gasteiger partial charge >= 0.3 is 0 Å². The number of hydrogen-bond donors (Lipinski definition) is 2. The molecule has 0 bridgehead atoms. The Kier molecular flexibility index (Phi) is 3.40. The molecule has 1 saturated heterocycles. The zero-order valence-corrected chi connectivity index (χ0v) is 11.4. The molecule has 20 heavy (non-hydrogen) atoms. The Hall–Kier alpha value is -2.32. The molecule has 0 amide bonds. The Bertz CT molecular complexity index is 637. The van der Waals surface area contributed by atoms with Crippen molar-refractivity contribution in [3.05, 3.63) is 78.4 Å². The van der Waals surface area contributed by atoms with Crippen LogP contribution in [0.2, 0.25) is 0 Å². The maximum atomic E-state index is 4.12. The van der Waals surface area contributed by atoms with Gasteiger partial charge in [-0.2, -0.15) is 0 Å². The molecule has 0 radical (unpaired) electrons. The van der Waals surface area contributed by atoms with Crippen molar-refractivity contribution in [1.29, 1.82) is 0 Å². The van der Waals surface area contributed by atoms with Gasteiger partial charge in [-0.1, -0.05) is 61.7 Å². The molecule has 1 aliphatic rings. The summed E-state index contributed by atoms with van der Waals surface area (Å²) in [5.74, 6) is 0. The summed E-state index contributed by atoms with van der Waals surface area (Å²) < 4.78 is 0. The Balaban J connectivity index is 1.76. The molecule has 2 N–H and O–H groups in total. The van der Waals surface area contributed by atoms with Crippen molar-refractivity contribution in [1.82, 2.24) is 5.32 Å². The molecule has 0 aromatic heterocycles. The third kappa shape index (κ3) is 2.65. The fourth-order valence-electron chi connectivity index (χ4n) is 2.23. The topological polar surface area (TPSA) is 34.0 Å². The van der Waals surface area contributed by atoms with Gasteiger partial charge in [0, 0.05) is 24.0 Å². The molecule has 0 aliphatic carbocycles. The predicted molar refractivity (Wildman–Crippen MR) is 86.4 cm³/mol. The second-order valence-electron chi connectivity index (χ2n) is 4.98.